The van der Waals surface area contributed by atoms with Crippen LogP contribution in [0.1, 0.15) is 32.1 Å². The van der Waals surface area contributed by atoms with E-state index in [1.165, 1.54) is 31.3 Å². The van der Waals surface area contributed by atoms with Crippen LogP contribution in [0.3, 0.4) is 0 Å². The molecule has 0 aromatic carbocycles. The molecule has 0 amide bonds. The monoisotopic (exact) mass is 291 g/mol. The van der Waals surface area contributed by atoms with E-state index in [2.05, 4.69) is 27.5 Å². The largest absolute Gasteiger partial charge is 0.609 e. The van der Waals surface area contributed by atoms with Gasteiger partial charge in [0.25, 0.3) is 0 Å². The fourth-order valence-electron chi connectivity index (χ4n) is 4.32. The minimum Gasteiger partial charge on any atom is -0.609 e. The van der Waals surface area contributed by atoms with E-state index in [1.807, 2.05) is 6.20 Å². The van der Waals surface area contributed by atoms with Gasteiger partial charge in [-0.25, -0.2) is 0 Å². The molecule has 5 atom stereocenters. The lowest BCUT2D eigenvalue weighted by Gasteiger charge is -2.43. The van der Waals surface area contributed by atoms with E-state index >= 15 is 0 Å². The summed E-state index contributed by atoms with van der Waals surface area (Å²) >= 11 is -1.04. The molecule has 4 rings (SSSR count). The Labute approximate surface area is 123 Å². The normalized spacial score (nSPS) is 40.0. The molecule has 0 spiro atoms. The third-order valence-corrected chi connectivity index (χ3v) is 6.01. The summed E-state index contributed by atoms with van der Waals surface area (Å²) in [6.07, 6.45) is 14.7. The molecule has 2 bridgehead atoms. The molecule has 5 heteroatoms. The Balaban J connectivity index is 1.59. The van der Waals surface area contributed by atoms with Crippen LogP contribution in [0.25, 0.3) is 0 Å². The minimum absolute atomic E-state index is 0.167. The molecule has 108 valence electrons. The Kier molecular flexibility index (Phi) is 3.07. The van der Waals surface area contributed by atoms with Crippen LogP contribution in [0.15, 0.2) is 29.0 Å². The highest BCUT2D eigenvalue weighted by molar-refractivity contribution is 8.05. The quantitative estimate of drug-likeness (QED) is 0.751. The lowest BCUT2D eigenvalue weighted by molar-refractivity contribution is 0.151. The molecule has 0 aromatic rings. The summed E-state index contributed by atoms with van der Waals surface area (Å²) in [5.74, 6) is 1.78. The second-order valence-electron chi connectivity index (χ2n) is 6.42. The van der Waals surface area contributed by atoms with Gasteiger partial charge < -0.3 is 14.8 Å². The SMILES string of the molecule is C[S+]([O-])C1=NC=C2CC=CN(C3CC4CCC3C4)C2N1. The number of allylic oxidation sites excluding steroid dienone is 1. The molecule has 4 aliphatic rings. The van der Waals surface area contributed by atoms with Gasteiger partial charge in [-0.1, -0.05) is 12.5 Å². The van der Waals surface area contributed by atoms with Crippen molar-refractivity contribution in [3.63, 3.8) is 0 Å². The van der Waals surface area contributed by atoms with E-state index in [9.17, 15) is 4.55 Å². The molecule has 0 radical (unpaired) electrons. The highest BCUT2D eigenvalue weighted by atomic mass is 32.2. The third-order valence-electron chi connectivity index (χ3n) is 5.24. The van der Waals surface area contributed by atoms with E-state index in [0.29, 0.717) is 11.2 Å². The van der Waals surface area contributed by atoms with Crippen molar-refractivity contribution in [2.24, 2.45) is 16.8 Å². The summed E-state index contributed by atoms with van der Waals surface area (Å²) < 4.78 is 11.7. The maximum absolute atomic E-state index is 11.7. The standard InChI is InChI=1S/C15H21N3OS/c1-20(19)15-16-9-12-3-2-6-18(14(12)17-15)13-8-10-4-5-11(13)7-10/h2,6,9-11,13-14H,3-5,7-8H2,1H3,(H,16,17). The van der Waals surface area contributed by atoms with Gasteiger partial charge in [0, 0.05) is 23.4 Å². The first-order valence-corrected chi connectivity index (χ1v) is 9.09. The van der Waals surface area contributed by atoms with Gasteiger partial charge in [0.2, 0.25) is 0 Å². The van der Waals surface area contributed by atoms with Gasteiger partial charge in [0.05, 0.1) is 0 Å². The van der Waals surface area contributed by atoms with Crippen molar-refractivity contribution in [1.82, 2.24) is 10.2 Å². The predicted octanol–water partition coefficient (Wildman–Crippen LogP) is 1.94. The van der Waals surface area contributed by atoms with E-state index < -0.39 is 11.2 Å². The molecule has 20 heavy (non-hydrogen) atoms. The van der Waals surface area contributed by atoms with Crippen LogP contribution in [0.2, 0.25) is 0 Å². The van der Waals surface area contributed by atoms with Crippen molar-refractivity contribution in [3.05, 3.63) is 24.0 Å². The highest BCUT2D eigenvalue weighted by Gasteiger charge is 2.45. The van der Waals surface area contributed by atoms with E-state index in [-0.39, 0.29) is 6.17 Å². The Hall–Kier alpha value is -0.940. The molecular weight excluding hydrogens is 270 g/mol. The van der Waals surface area contributed by atoms with Crippen LogP contribution in [0, 0.1) is 11.8 Å². The fraction of sp³-hybridized carbons (Fsp3) is 0.667. The molecule has 2 heterocycles. The lowest BCUT2D eigenvalue weighted by atomic mass is 9.92. The van der Waals surface area contributed by atoms with Gasteiger partial charge in [-0.2, -0.15) is 4.99 Å². The molecule has 0 saturated heterocycles. The molecule has 2 fully saturated rings. The van der Waals surface area contributed by atoms with Crippen molar-refractivity contribution in [3.8, 4) is 0 Å². The molecular formula is C15H21N3OS. The Bertz CT molecular complexity index is 499. The topological polar surface area (TPSA) is 50.7 Å². The van der Waals surface area contributed by atoms with Crippen molar-refractivity contribution >= 4 is 16.3 Å². The van der Waals surface area contributed by atoms with Crippen molar-refractivity contribution in [1.29, 1.82) is 0 Å². The van der Waals surface area contributed by atoms with E-state index in [1.54, 1.807) is 6.26 Å². The van der Waals surface area contributed by atoms with Crippen LogP contribution in [-0.4, -0.2) is 33.1 Å². The minimum atomic E-state index is -1.04. The second kappa shape index (κ2) is 4.81. The number of nitrogens with one attached hydrogen (secondary N) is 1. The molecule has 2 aliphatic heterocycles. The van der Waals surface area contributed by atoms with Crippen LogP contribution in [0.4, 0.5) is 0 Å². The lowest BCUT2D eigenvalue weighted by Crippen LogP contribution is -2.55. The van der Waals surface area contributed by atoms with Gasteiger partial charge in [0.1, 0.15) is 12.4 Å². The van der Waals surface area contributed by atoms with E-state index in [0.717, 1.165) is 18.3 Å². The van der Waals surface area contributed by atoms with Crippen molar-refractivity contribution < 1.29 is 4.55 Å². The Morgan fingerprint density at radius 3 is 3.00 bits per heavy atom. The fourth-order valence-corrected chi connectivity index (χ4v) is 4.80. The van der Waals surface area contributed by atoms with Gasteiger partial charge in [-0.15, -0.1) is 0 Å². The summed E-state index contributed by atoms with van der Waals surface area (Å²) in [5, 5.41) is 4.01. The third kappa shape index (κ3) is 1.99. The molecule has 0 aromatic heterocycles. The summed E-state index contributed by atoms with van der Waals surface area (Å²) in [7, 11) is 0. The zero-order valence-corrected chi connectivity index (χ0v) is 12.6. The van der Waals surface area contributed by atoms with Gasteiger partial charge in [0.15, 0.2) is 0 Å². The van der Waals surface area contributed by atoms with Gasteiger partial charge in [-0.3, -0.25) is 0 Å². The highest BCUT2D eigenvalue weighted by Crippen LogP contribution is 2.48. The summed E-state index contributed by atoms with van der Waals surface area (Å²) in [5.41, 5.74) is 1.30. The van der Waals surface area contributed by atoms with Crippen LogP contribution < -0.4 is 5.32 Å². The molecule has 2 aliphatic carbocycles. The smallest absolute Gasteiger partial charge is 0.318 e. The predicted molar refractivity (Wildman–Crippen MR) is 81.3 cm³/mol. The zero-order chi connectivity index (χ0) is 13.7. The maximum atomic E-state index is 11.7. The van der Waals surface area contributed by atoms with Crippen LogP contribution >= 0.6 is 0 Å². The number of amidine groups is 1. The Morgan fingerprint density at radius 2 is 2.30 bits per heavy atom. The number of nitrogens with zero attached hydrogens (tertiary/aromatic N) is 2. The average Bonchev–Trinajstić information content (AvgIpc) is 3.08. The second-order valence-corrected chi connectivity index (χ2v) is 7.71. The molecule has 4 nitrogen and oxygen atoms in total. The molecule has 5 unspecified atom stereocenters. The molecule has 2 saturated carbocycles. The first kappa shape index (κ1) is 12.8. The first-order chi connectivity index (χ1) is 9.72. The number of fused-ring (bicyclic) bond motifs is 3. The average molecular weight is 291 g/mol. The zero-order valence-electron chi connectivity index (χ0n) is 11.8. The molecule has 1 N–H and O–H groups in total. The van der Waals surface area contributed by atoms with Crippen LogP contribution in [-0.2, 0) is 11.2 Å². The van der Waals surface area contributed by atoms with Crippen molar-refractivity contribution in [2.75, 3.05) is 6.26 Å². The van der Waals surface area contributed by atoms with Gasteiger partial charge in [-0.05, 0) is 49.3 Å². The summed E-state index contributed by atoms with van der Waals surface area (Å²) in [6.45, 7) is 0. The van der Waals surface area contributed by atoms with Crippen LogP contribution in [0.5, 0.6) is 0 Å². The summed E-state index contributed by atoms with van der Waals surface area (Å²) in [6, 6.07) is 0.649. The Morgan fingerprint density at radius 1 is 1.40 bits per heavy atom. The number of rotatable bonds is 1. The number of hydrogen-bond donors (Lipinski definition) is 1. The maximum Gasteiger partial charge on any atom is 0.318 e. The van der Waals surface area contributed by atoms with Crippen molar-refractivity contribution in [2.45, 2.75) is 44.3 Å². The van der Waals surface area contributed by atoms with Gasteiger partial charge >= 0.3 is 5.17 Å². The number of hydrogen-bond acceptors (Lipinski definition) is 4. The summed E-state index contributed by atoms with van der Waals surface area (Å²) in [4.78, 5) is 6.78. The number of aliphatic imine (C=N–C) groups is 1. The van der Waals surface area contributed by atoms with E-state index in [4.69, 9.17) is 0 Å². The first-order valence-electron chi connectivity index (χ1n) is 7.53.